The largest absolute Gasteiger partial charge is 0.337 e. The number of thiophene rings is 1. The van der Waals surface area contributed by atoms with Gasteiger partial charge >= 0.3 is 0 Å². The molecule has 0 saturated carbocycles. The van der Waals surface area contributed by atoms with E-state index in [9.17, 15) is 0 Å². The fraction of sp³-hybridized carbons (Fsp3) is 0.111. The van der Waals surface area contributed by atoms with Crippen molar-refractivity contribution in [2.45, 2.75) is 31.7 Å². The summed E-state index contributed by atoms with van der Waals surface area (Å²) in [5.41, 5.74) is 13.0. The lowest BCUT2D eigenvalue weighted by atomic mass is 9.73. The Bertz CT molecular complexity index is 2990. The summed E-state index contributed by atoms with van der Waals surface area (Å²) < 4.78 is 2.64. The molecule has 3 atom stereocenters. The van der Waals surface area contributed by atoms with Gasteiger partial charge in [-0.05, 0) is 132 Å². The average molecular weight is 779 g/mol. The predicted octanol–water partition coefficient (Wildman–Crippen LogP) is 14.2. The number of allylic oxidation sites excluding steroid dienone is 6. The molecule has 1 aliphatic heterocycles. The first-order valence-corrected chi connectivity index (χ1v) is 21.3. The maximum atomic E-state index is 4.49. The van der Waals surface area contributed by atoms with Gasteiger partial charge in [-0.15, -0.1) is 11.3 Å². The second kappa shape index (κ2) is 14.2. The van der Waals surface area contributed by atoms with E-state index < -0.39 is 0 Å². The van der Waals surface area contributed by atoms with E-state index in [0.29, 0.717) is 11.7 Å². The van der Waals surface area contributed by atoms with E-state index in [1.54, 1.807) is 12.4 Å². The summed E-state index contributed by atoms with van der Waals surface area (Å²) in [6, 6.07) is 53.2. The van der Waals surface area contributed by atoms with Crippen LogP contribution in [0.5, 0.6) is 0 Å². The third kappa shape index (κ3) is 6.12. The normalized spacial score (nSPS) is 19.4. The molecular formula is C54H42N4S. The van der Waals surface area contributed by atoms with Crippen LogP contribution in [0.15, 0.2) is 200 Å². The number of anilines is 4. The minimum absolute atomic E-state index is 0.163. The van der Waals surface area contributed by atoms with Gasteiger partial charge in [-0.2, -0.15) is 0 Å². The Morgan fingerprint density at radius 1 is 0.644 bits per heavy atom. The number of aromatic nitrogens is 2. The smallest absolute Gasteiger partial charge is 0.159 e. The Balaban J connectivity index is 0.939. The molecule has 6 aromatic carbocycles. The molecule has 0 amide bonds. The quantitative estimate of drug-likeness (QED) is 0.161. The highest BCUT2D eigenvalue weighted by Crippen LogP contribution is 2.52. The highest BCUT2D eigenvalue weighted by atomic mass is 32.1. The molecular weight excluding hydrogens is 737 g/mol. The van der Waals surface area contributed by atoms with Gasteiger partial charge < -0.3 is 9.80 Å². The van der Waals surface area contributed by atoms with Crippen LogP contribution in [-0.4, -0.2) is 16.0 Å². The zero-order chi connectivity index (χ0) is 39.5. The van der Waals surface area contributed by atoms with Gasteiger partial charge in [0.25, 0.3) is 0 Å². The fourth-order valence-electron chi connectivity index (χ4n) is 9.41. The summed E-state index contributed by atoms with van der Waals surface area (Å²) in [6.45, 7) is 4.72. The van der Waals surface area contributed by atoms with Crippen LogP contribution in [0.4, 0.5) is 22.7 Å². The summed E-state index contributed by atoms with van der Waals surface area (Å²) in [5, 5.41) is 2.63. The minimum atomic E-state index is -0.163. The van der Waals surface area contributed by atoms with E-state index in [1.807, 2.05) is 17.4 Å². The Hall–Kier alpha value is -6.82. The molecule has 3 unspecified atom stereocenters. The van der Waals surface area contributed by atoms with Gasteiger partial charge in [-0.25, -0.2) is 9.97 Å². The van der Waals surface area contributed by atoms with Crippen LogP contribution in [-0.2, 0) is 5.41 Å². The van der Waals surface area contributed by atoms with Crippen molar-refractivity contribution in [3.05, 3.63) is 211 Å². The van der Waals surface area contributed by atoms with Crippen LogP contribution < -0.4 is 9.80 Å². The van der Waals surface area contributed by atoms with E-state index >= 15 is 0 Å². The van der Waals surface area contributed by atoms with Crippen molar-refractivity contribution >= 4 is 59.8 Å². The SMILES string of the molecule is CC1C=CC=C(N2c3ccccc3C3(C)C=C(c4ccc(N(c5ccc(-c6ccc7sc8ccccc8c7c6)cc5)c5ccc(-c6ncccn6)cc5)cc4)C=CC23)C1. The molecule has 0 radical (unpaired) electrons. The van der Waals surface area contributed by atoms with E-state index in [-0.39, 0.29) is 11.5 Å². The van der Waals surface area contributed by atoms with Crippen LogP contribution in [0.2, 0.25) is 0 Å². The monoisotopic (exact) mass is 778 g/mol. The number of para-hydroxylation sites is 1. The van der Waals surface area contributed by atoms with Crippen LogP contribution in [0, 0.1) is 5.92 Å². The minimum Gasteiger partial charge on any atom is -0.337 e. The summed E-state index contributed by atoms with van der Waals surface area (Å²) in [4.78, 5) is 13.9. The number of nitrogens with zero attached hydrogens (tertiary/aromatic N) is 4. The Kier molecular flexibility index (Phi) is 8.52. The van der Waals surface area contributed by atoms with Crippen molar-refractivity contribution in [1.29, 1.82) is 0 Å². The summed E-state index contributed by atoms with van der Waals surface area (Å²) in [6.07, 6.45) is 18.7. The molecule has 0 saturated heterocycles. The molecule has 0 fully saturated rings. The number of hydrogen-bond donors (Lipinski definition) is 0. The predicted molar refractivity (Wildman–Crippen MR) is 249 cm³/mol. The van der Waals surface area contributed by atoms with Gasteiger partial charge in [0.15, 0.2) is 5.82 Å². The third-order valence-corrected chi connectivity index (χ3v) is 13.5. The number of rotatable bonds is 7. The molecule has 0 bridgehead atoms. The first-order chi connectivity index (χ1) is 29.0. The molecule has 2 aliphatic carbocycles. The molecule has 8 aromatic rings. The first-order valence-electron chi connectivity index (χ1n) is 20.5. The summed E-state index contributed by atoms with van der Waals surface area (Å²) in [5.74, 6) is 1.25. The maximum Gasteiger partial charge on any atom is 0.159 e. The van der Waals surface area contributed by atoms with Crippen LogP contribution in [0.3, 0.4) is 0 Å². The van der Waals surface area contributed by atoms with Crippen LogP contribution >= 0.6 is 11.3 Å². The van der Waals surface area contributed by atoms with E-state index in [1.165, 1.54) is 59.4 Å². The zero-order valence-electron chi connectivity index (χ0n) is 33.0. The summed E-state index contributed by atoms with van der Waals surface area (Å²) >= 11 is 1.86. The van der Waals surface area contributed by atoms with E-state index in [4.69, 9.17) is 0 Å². The summed E-state index contributed by atoms with van der Waals surface area (Å²) in [7, 11) is 0. The second-order valence-electron chi connectivity index (χ2n) is 16.2. The number of hydrogen-bond acceptors (Lipinski definition) is 5. The molecule has 2 aromatic heterocycles. The molecule has 284 valence electrons. The zero-order valence-corrected chi connectivity index (χ0v) is 33.9. The molecule has 0 N–H and O–H groups in total. The Morgan fingerprint density at radius 2 is 1.29 bits per heavy atom. The van der Waals surface area contributed by atoms with Crippen molar-refractivity contribution in [2.75, 3.05) is 9.80 Å². The lowest BCUT2D eigenvalue weighted by molar-refractivity contribution is 0.532. The van der Waals surface area contributed by atoms with Gasteiger partial charge in [0.05, 0.1) is 6.04 Å². The van der Waals surface area contributed by atoms with Gasteiger partial charge in [-0.1, -0.05) is 104 Å². The fourth-order valence-corrected chi connectivity index (χ4v) is 10.5. The lowest BCUT2D eigenvalue weighted by Gasteiger charge is -2.38. The topological polar surface area (TPSA) is 32.3 Å². The molecule has 11 rings (SSSR count). The van der Waals surface area contributed by atoms with Gasteiger partial charge in [0, 0.05) is 72.0 Å². The first kappa shape index (κ1) is 35.4. The van der Waals surface area contributed by atoms with Gasteiger partial charge in [0.2, 0.25) is 0 Å². The van der Waals surface area contributed by atoms with Crippen molar-refractivity contribution < 1.29 is 0 Å². The highest BCUT2D eigenvalue weighted by molar-refractivity contribution is 7.25. The number of fused-ring (bicyclic) bond motifs is 6. The molecule has 59 heavy (non-hydrogen) atoms. The van der Waals surface area contributed by atoms with Crippen molar-refractivity contribution in [3.8, 4) is 22.5 Å². The van der Waals surface area contributed by atoms with E-state index in [0.717, 1.165) is 29.0 Å². The molecule has 3 heterocycles. The molecule has 0 spiro atoms. The van der Waals surface area contributed by atoms with Crippen LogP contribution in [0.25, 0.3) is 48.3 Å². The number of benzene rings is 6. The molecule has 5 heteroatoms. The highest BCUT2D eigenvalue weighted by Gasteiger charge is 2.47. The third-order valence-electron chi connectivity index (χ3n) is 12.4. The van der Waals surface area contributed by atoms with Gasteiger partial charge in [-0.3, -0.25) is 0 Å². The van der Waals surface area contributed by atoms with E-state index in [2.05, 4.69) is 210 Å². The Labute approximate surface area is 349 Å². The Morgan fingerprint density at radius 3 is 2.03 bits per heavy atom. The molecule has 3 aliphatic rings. The van der Waals surface area contributed by atoms with Crippen molar-refractivity contribution in [3.63, 3.8) is 0 Å². The van der Waals surface area contributed by atoms with Gasteiger partial charge in [0.1, 0.15) is 0 Å². The van der Waals surface area contributed by atoms with Crippen molar-refractivity contribution in [1.82, 2.24) is 9.97 Å². The average Bonchev–Trinajstić information content (AvgIpc) is 3.79. The maximum absolute atomic E-state index is 4.49. The van der Waals surface area contributed by atoms with Crippen LogP contribution in [0.1, 0.15) is 31.4 Å². The van der Waals surface area contributed by atoms with Crippen molar-refractivity contribution in [2.24, 2.45) is 5.92 Å². The second-order valence-corrected chi connectivity index (χ2v) is 17.2. The lowest BCUT2D eigenvalue weighted by Crippen LogP contribution is -2.42. The standard InChI is InChI=1S/C54H42N4S/c1-36-9-7-10-45(33-36)58-49-13-5-4-12-48(49)54(2)35-41(22-30-52(54)58)38-17-25-43(26-18-38)57(44-27-19-39(20-28-44)53-55-31-8-32-56-53)42-23-15-37(16-24-42)40-21-29-51-47(34-40)46-11-3-6-14-50(46)59-51/h3-32,34-36,52H,33H2,1-2H3. The molecule has 4 nitrogen and oxygen atoms in total.